The predicted octanol–water partition coefficient (Wildman–Crippen LogP) is 2.86. The predicted molar refractivity (Wildman–Crippen MR) is 151 cm³/mol. The minimum Gasteiger partial charge on any atom is -0.463 e. The lowest BCUT2D eigenvalue weighted by molar-refractivity contribution is -0.171. The van der Waals surface area contributed by atoms with Crippen molar-refractivity contribution in [1.82, 2.24) is 0 Å². The monoisotopic (exact) mass is 850 g/mol. The van der Waals surface area contributed by atoms with E-state index in [1.165, 1.54) is 13.8 Å². The van der Waals surface area contributed by atoms with E-state index in [4.69, 9.17) is 14.6 Å². The molecule has 0 rings (SSSR count). The van der Waals surface area contributed by atoms with Crippen molar-refractivity contribution >= 4 is 54.2 Å². The molecular weight excluding hydrogens is 815 g/mol. The highest BCUT2D eigenvalue weighted by molar-refractivity contribution is 8.00. The van der Waals surface area contributed by atoms with Gasteiger partial charge in [0, 0.05) is 0 Å². The van der Waals surface area contributed by atoms with Crippen LogP contribution in [0.1, 0.15) is 67.2 Å². The van der Waals surface area contributed by atoms with Gasteiger partial charge >= 0.3 is 70.8 Å². The lowest BCUT2D eigenvalue weighted by atomic mass is 10.3. The number of halogens is 9. The van der Waals surface area contributed by atoms with Crippen LogP contribution >= 0.6 is 0 Å². The van der Waals surface area contributed by atoms with Crippen LogP contribution in [0.2, 0.25) is 0 Å². The molecule has 0 saturated heterocycles. The second kappa shape index (κ2) is 22.3. The highest BCUT2D eigenvalue weighted by Gasteiger charge is 2.57. The second-order valence-electron chi connectivity index (χ2n) is 9.38. The number of esters is 4. The maximum Gasteiger partial charge on any atom is 0.524 e. The van der Waals surface area contributed by atoms with Crippen molar-refractivity contribution in [2.24, 2.45) is 0 Å². The van der Waals surface area contributed by atoms with Gasteiger partial charge in [0.2, 0.25) is 0 Å². The van der Waals surface area contributed by atoms with Crippen LogP contribution in [0.25, 0.3) is 0 Å². The van der Waals surface area contributed by atoms with Gasteiger partial charge in [-0.25, -0.2) is 23.4 Å². The Labute approximate surface area is 291 Å². The third-order valence-electron chi connectivity index (χ3n) is 4.71. The van der Waals surface area contributed by atoms with Gasteiger partial charge in [-0.3, -0.25) is 0 Å². The molecule has 4 atom stereocenters. The zero-order chi connectivity index (χ0) is 42.1. The number of unbranched alkanes of at least 4 members (excludes halogenated alkanes) is 2. The number of hydrogen-bond acceptors (Lipinski definition) is 17. The van der Waals surface area contributed by atoms with E-state index >= 15 is 0 Å². The molecule has 0 fully saturated rings. The fourth-order valence-corrected chi connectivity index (χ4v) is 4.12. The molecule has 0 aliphatic heterocycles. The third-order valence-corrected chi connectivity index (χ3v) is 8.38. The standard InChI is InChI=1S/C11H17F3O7S.C10H18O5.C2F6O5S2/c1-4-5-6-19-9(15)7(2)20-10(16)8(3)21-22(17,18)11(12,13)14;1-4-5-6-14-10(13)8(3)15-9(12)7(2)11;3-1(4,5)14(9,10)13-15(11,12)2(6,7)8/h7-8H,4-6H2,1-3H3;7-8,11H,4-6H2,1-3H3;. The summed E-state index contributed by atoms with van der Waals surface area (Å²) >= 11 is 0. The smallest absolute Gasteiger partial charge is 0.463 e. The minimum atomic E-state index is -6.85. The summed E-state index contributed by atoms with van der Waals surface area (Å²) in [5, 5.41) is 8.84. The maximum atomic E-state index is 12.1. The highest BCUT2D eigenvalue weighted by atomic mass is 32.3. The van der Waals surface area contributed by atoms with Gasteiger partial charge in [-0.05, 0) is 40.5 Å². The fourth-order valence-electron chi connectivity index (χ4n) is 1.99. The van der Waals surface area contributed by atoms with Crippen LogP contribution in [0, 0.1) is 0 Å². The molecule has 17 nitrogen and oxygen atoms in total. The summed E-state index contributed by atoms with van der Waals surface area (Å²) in [4.78, 5) is 44.9. The van der Waals surface area contributed by atoms with E-state index in [-0.39, 0.29) is 6.61 Å². The summed E-state index contributed by atoms with van der Waals surface area (Å²) in [6, 6.07) is 0. The lowest BCUT2D eigenvalue weighted by Crippen LogP contribution is -2.36. The summed E-state index contributed by atoms with van der Waals surface area (Å²) in [5.41, 5.74) is -18.2. The summed E-state index contributed by atoms with van der Waals surface area (Å²) < 4.78 is 190. The summed E-state index contributed by atoms with van der Waals surface area (Å²) in [5.74, 6) is -3.74. The number of aliphatic hydroxyl groups is 1. The molecule has 0 heterocycles. The van der Waals surface area contributed by atoms with Crippen LogP contribution in [0.5, 0.6) is 0 Å². The quantitative estimate of drug-likeness (QED) is 0.0586. The van der Waals surface area contributed by atoms with Gasteiger partial charge in [-0.2, -0.15) is 64.8 Å². The molecule has 4 unspecified atom stereocenters. The third kappa shape index (κ3) is 20.9. The van der Waals surface area contributed by atoms with Crippen molar-refractivity contribution in [1.29, 1.82) is 0 Å². The van der Waals surface area contributed by atoms with Crippen LogP contribution in [0.3, 0.4) is 0 Å². The van der Waals surface area contributed by atoms with Gasteiger partial charge in [0.15, 0.2) is 18.3 Å². The zero-order valence-corrected chi connectivity index (χ0v) is 30.1. The Bertz CT molecular complexity index is 1430. The van der Waals surface area contributed by atoms with Crippen molar-refractivity contribution < 1.29 is 116 Å². The van der Waals surface area contributed by atoms with Gasteiger partial charge in [-0.15, -0.1) is 3.63 Å². The van der Waals surface area contributed by atoms with Crippen LogP contribution < -0.4 is 0 Å². The molecule has 0 aliphatic carbocycles. The van der Waals surface area contributed by atoms with Crippen molar-refractivity contribution in [2.45, 2.75) is 108 Å². The molecule has 0 aromatic rings. The van der Waals surface area contributed by atoms with E-state index in [1.54, 1.807) is 0 Å². The summed E-state index contributed by atoms with van der Waals surface area (Å²) in [7, 11) is -19.6. The van der Waals surface area contributed by atoms with E-state index in [1.807, 2.05) is 17.5 Å². The minimum absolute atomic E-state index is 0.103. The lowest BCUT2D eigenvalue weighted by Gasteiger charge is -2.17. The van der Waals surface area contributed by atoms with Gasteiger partial charge in [0.25, 0.3) is 0 Å². The number of hydrogen-bond donors (Lipinski definition) is 1. The molecule has 0 bridgehead atoms. The molecular formula is C23H35F9O17S3. The Balaban J connectivity index is -0.000000714. The molecule has 0 aromatic carbocycles. The molecule has 0 amide bonds. The van der Waals surface area contributed by atoms with Crippen LogP contribution in [0.15, 0.2) is 0 Å². The largest absolute Gasteiger partial charge is 0.524 e. The van der Waals surface area contributed by atoms with Crippen molar-refractivity contribution in [3.05, 3.63) is 0 Å². The van der Waals surface area contributed by atoms with Crippen LogP contribution in [-0.2, 0) is 76.3 Å². The summed E-state index contributed by atoms with van der Waals surface area (Å²) in [6.45, 7) is 8.84. The zero-order valence-electron chi connectivity index (χ0n) is 27.7. The molecule has 0 saturated carbocycles. The Morgan fingerprint density at radius 3 is 1.12 bits per heavy atom. The Kier molecular flexibility index (Phi) is 22.8. The maximum absolute atomic E-state index is 12.1. The molecule has 29 heteroatoms. The molecule has 1 N–H and O–H groups in total. The number of carbonyl (C=O) groups is 4. The summed E-state index contributed by atoms with van der Waals surface area (Å²) in [6.07, 6.45) is -2.59. The van der Waals surface area contributed by atoms with Gasteiger partial charge in [0.05, 0.1) is 13.2 Å². The number of ether oxygens (including phenoxy) is 4. The van der Waals surface area contributed by atoms with E-state index in [2.05, 4.69) is 13.7 Å². The van der Waals surface area contributed by atoms with E-state index in [9.17, 15) is 83.9 Å². The van der Waals surface area contributed by atoms with Crippen LogP contribution in [-0.4, -0.2) is 108 Å². The van der Waals surface area contributed by atoms with Gasteiger partial charge < -0.3 is 24.1 Å². The molecule has 310 valence electrons. The number of alkyl halides is 9. The fraction of sp³-hybridized carbons (Fsp3) is 0.826. The van der Waals surface area contributed by atoms with Gasteiger partial charge in [-0.1, -0.05) is 26.7 Å². The van der Waals surface area contributed by atoms with E-state index in [0.29, 0.717) is 13.0 Å². The molecule has 52 heavy (non-hydrogen) atoms. The Hall–Kier alpha value is -3.02. The first-order valence-electron chi connectivity index (χ1n) is 13.9. The van der Waals surface area contributed by atoms with E-state index in [0.717, 1.165) is 33.1 Å². The normalized spacial score (nSPS) is 14.8. The van der Waals surface area contributed by atoms with Crippen LogP contribution in [0.4, 0.5) is 39.5 Å². The SMILES string of the molecule is CCCCOC(=O)C(C)OC(=O)C(C)O.CCCCOC(=O)C(C)OC(=O)C(C)OS(=O)(=O)C(F)(F)F.O=S(=O)(OS(=O)(=O)C(F)(F)F)C(F)(F)F. The first kappa shape index (κ1) is 53.3. The average molecular weight is 851 g/mol. The molecule has 0 aliphatic rings. The van der Waals surface area contributed by atoms with Crippen molar-refractivity contribution in [3.8, 4) is 0 Å². The molecule has 0 radical (unpaired) electrons. The Morgan fingerprint density at radius 1 is 0.538 bits per heavy atom. The van der Waals surface area contributed by atoms with Gasteiger partial charge in [0.1, 0.15) is 6.10 Å². The first-order chi connectivity index (χ1) is 23.1. The van der Waals surface area contributed by atoms with Crippen molar-refractivity contribution in [3.63, 3.8) is 0 Å². The molecule has 0 aromatic heterocycles. The second-order valence-corrected chi connectivity index (χ2v) is 14.2. The number of rotatable bonds is 16. The topological polar surface area (TPSA) is 246 Å². The Morgan fingerprint density at radius 2 is 0.846 bits per heavy atom. The molecule has 0 spiro atoms. The highest BCUT2D eigenvalue weighted by Crippen LogP contribution is 2.32. The average Bonchev–Trinajstić information content (AvgIpc) is 2.95. The number of carbonyl (C=O) groups excluding carboxylic acids is 4. The van der Waals surface area contributed by atoms with Crippen molar-refractivity contribution in [2.75, 3.05) is 13.2 Å². The van der Waals surface area contributed by atoms with E-state index < -0.39 is 95.2 Å². The number of aliphatic hydroxyl groups excluding tert-OH is 1. The first-order valence-corrected chi connectivity index (χ1v) is 18.1.